The Morgan fingerprint density at radius 1 is 1.17 bits per heavy atom. The molecule has 0 aromatic carbocycles. The van der Waals surface area contributed by atoms with Gasteiger partial charge >= 0.3 is 0 Å². The predicted octanol–water partition coefficient (Wildman–Crippen LogP) is 2.06. The molecule has 2 rings (SSSR count). The Balaban J connectivity index is 1.91. The minimum Gasteiger partial charge on any atom is -0.365 e. The Kier molecular flexibility index (Phi) is 1.99. The molecule has 0 radical (unpaired) electrons. The summed E-state index contributed by atoms with van der Waals surface area (Å²) in [7, 11) is 0. The van der Waals surface area contributed by atoms with Gasteiger partial charge in [0.1, 0.15) is 0 Å². The lowest BCUT2D eigenvalue weighted by Crippen LogP contribution is -1.97. The third kappa shape index (κ3) is 1.59. The van der Waals surface area contributed by atoms with E-state index in [0.717, 1.165) is 13.0 Å². The average Bonchev–Trinajstić information content (AvgIpc) is 2.74. The van der Waals surface area contributed by atoms with E-state index in [1.54, 1.807) is 0 Å². The molecule has 2 aromatic rings. The summed E-state index contributed by atoms with van der Waals surface area (Å²) in [6.07, 6.45) is 7.21. The lowest BCUT2D eigenvalue weighted by Gasteiger charge is -1.99. The number of aromatic amines is 1. The fraction of sp³-hybridized carbons (Fsp3) is 0.200. The quantitative estimate of drug-likeness (QED) is 0.709. The molecule has 0 unspecified atom stereocenters. The molecule has 2 aromatic heterocycles. The fourth-order valence-electron chi connectivity index (χ4n) is 1.29. The molecule has 0 spiro atoms. The van der Waals surface area contributed by atoms with E-state index < -0.39 is 0 Å². The van der Waals surface area contributed by atoms with Crippen LogP contribution in [0.3, 0.4) is 0 Å². The second-order valence-electron chi connectivity index (χ2n) is 2.87. The van der Waals surface area contributed by atoms with Crippen LogP contribution in [-0.2, 0) is 13.0 Å². The van der Waals surface area contributed by atoms with Gasteiger partial charge in [0.2, 0.25) is 0 Å². The van der Waals surface area contributed by atoms with Gasteiger partial charge in [-0.3, -0.25) is 0 Å². The van der Waals surface area contributed by atoms with Crippen LogP contribution in [0.25, 0.3) is 0 Å². The predicted molar refractivity (Wildman–Crippen MR) is 48.9 cm³/mol. The van der Waals surface area contributed by atoms with Crippen molar-refractivity contribution in [3.63, 3.8) is 0 Å². The molecule has 0 amide bonds. The lowest BCUT2D eigenvalue weighted by atomic mass is 10.3. The van der Waals surface area contributed by atoms with E-state index >= 15 is 0 Å². The fourth-order valence-corrected chi connectivity index (χ4v) is 1.29. The first kappa shape index (κ1) is 7.22. The van der Waals surface area contributed by atoms with Gasteiger partial charge in [-0.1, -0.05) is 0 Å². The SMILES string of the molecule is c1c[nH]c(CCn2cccc2)c1. The molecule has 0 bridgehead atoms. The van der Waals surface area contributed by atoms with Crippen molar-refractivity contribution in [2.45, 2.75) is 13.0 Å². The summed E-state index contributed by atoms with van der Waals surface area (Å²) in [5.74, 6) is 0. The summed E-state index contributed by atoms with van der Waals surface area (Å²) >= 11 is 0. The molecule has 0 aliphatic carbocycles. The summed E-state index contributed by atoms with van der Waals surface area (Å²) in [6, 6.07) is 8.25. The highest BCUT2D eigenvalue weighted by Crippen LogP contribution is 1.98. The van der Waals surface area contributed by atoms with Gasteiger partial charge in [0, 0.05) is 37.3 Å². The Morgan fingerprint density at radius 2 is 2.00 bits per heavy atom. The summed E-state index contributed by atoms with van der Waals surface area (Å²) in [5.41, 5.74) is 1.30. The zero-order valence-corrected chi connectivity index (χ0v) is 6.90. The van der Waals surface area contributed by atoms with Gasteiger partial charge in [-0.15, -0.1) is 0 Å². The van der Waals surface area contributed by atoms with Crippen LogP contribution >= 0.6 is 0 Å². The van der Waals surface area contributed by atoms with E-state index in [1.165, 1.54) is 5.69 Å². The van der Waals surface area contributed by atoms with E-state index in [4.69, 9.17) is 0 Å². The van der Waals surface area contributed by atoms with E-state index in [-0.39, 0.29) is 0 Å². The monoisotopic (exact) mass is 160 g/mol. The van der Waals surface area contributed by atoms with Crippen molar-refractivity contribution in [2.24, 2.45) is 0 Å². The Morgan fingerprint density at radius 3 is 2.67 bits per heavy atom. The van der Waals surface area contributed by atoms with Crippen LogP contribution in [0.1, 0.15) is 5.69 Å². The van der Waals surface area contributed by atoms with Crippen LogP contribution in [0.15, 0.2) is 42.9 Å². The van der Waals surface area contributed by atoms with Crippen molar-refractivity contribution in [1.82, 2.24) is 9.55 Å². The number of H-pyrrole nitrogens is 1. The molecule has 12 heavy (non-hydrogen) atoms. The zero-order chi connectivity index (χ0) is 8.23. The van der Waals surface area contributed by atoms with Gasteiger partial charge in [0.05, 0.1) is 0 Å². The van der Waals surface area contributed by atoms with Crippen molar-refractivity contribution in [1.29, 1.82) is 0 Å². The number of hydrogen-bond donors (Lipinski definition) is 1. The first-order chi connectivity index (χ1) is 5.95. The normalized spacial score (nSPS) is 10.3. The van der Waals surface area contributed by atoms with Crippen molar-refractivity contribution < 1.29 is 0 Å². The number of aryl methyl sites for hydroxylation is 2. The second-order valence-corrected chi connectivity index (χ2v) is 2.87. The molecule has 0 saturated carbocycles. The molecule has 0 saturated heterocycles. The van der Waals surface area contributed by atoms with Crippen LogP contribution in [0.5, 0.6) is 0 Å². The van der Waals surface area contributed by atoms with Crippen LogP contribution in [0.4, 0.5) is 0 Å². The molecular weight excluding hydrogens is 148 g/mol. The maximum atomic E-state index is 3.19. The molecule has 2 nitrogen and oxygen atoms in total. The topological polar surface area (TPSA) is 20.7 Å². The largest absolute Gasteiger partial charge is 0.365 e. The minimum atomic E-state index is 1.05. The molecule has 0 fully saturated rings. The molecular formula is C10H12N2. The highest BCUT2D eigenvalue weighted by atomic mass is 14.9. The Labute approximate surface area is 71.8 Å². The lowest BCUT2D eigenvalue weighted by molar-refractivity contribution is 0.692. The third-order valence-electron chi connectivity index (χ3n) is 1.97. The van der Waals surface area contributed by atoms with Crippen molar-refractivity contribution in [3.8, 4) is 0 Å². The number of hydrogen-bond acceptors (Lipinski definition) is 0. The van der Waals surface area contributed by atoms with Crippen molar-refractivity contribution in [2.75, 3.05) is 0 Å². The van der Waals surface area contributed by atoms with Crippen LogP contribution in [0, 0.1) is 0 Å². The number of nitrogens with one attached hydrogen (secondary N) is 1. The number of rotatable bonds is 3. The van der Waals surface area contributed by atoms with Crippen LogP contribution < -0.4 is 0 Å². The van der Waals surface area contributed by atoms with Crippen LogP contribution in [-0.4, -0.2) is 9.55 Å². The van der Waals surface area contributed by atoms with Gasteiger partial charge in [-0.25, -0.2) is 0 Å². The standard InChI is InChI=1S/C10H12N2/c1-2-8-12(7-1)9-5-10-4-3-6-11-10/h1-4,6-8,11H,5,9H2. The highest BCUT2D eigenvalue weighted by molar-refractivity contribution is 5.03. The first-order valence-corrected chi connectivity index (χ1v) is 4.18. The first-order valence-electron chi connectivity index (χ1n) is 4.18. The zero-order valence-electron chi connectivity index (χ0n) is 6.90. The molecule has 0 atom stereocenters. The van der Waals surface area contributed by atoms with E-state index in [1.807, 2.05) is 12.3 Å². The highest BCUT2D eigenvalue weighted by Gasteiger charge is 1.92. The molecule has 2 heterocycles. The van der Waals surface area contributed by atoms with Crippen molar-refractivity contribution >= 4 is 0 Å². The molecule has 2 heteroatoms. The number of nitrogens with zero attached hydrogens (tertiary/aromatic N) is 1. The average molecular weight is 160 g/mol. The van der Waals surface area contributed by atoms with Crippen molar-refractivity contribution in [3.05, 3.63) is 48.5 Å². The summed E-state index contributed by atoms with van der Waals surface area (Å²) < 4.78 is 2.18. The Bertz CT molecular complexity index is 271. The molecule has 62 valence electrons. The van der Waals surface area contributed by atoms with Gasteiger partial charge in [-0.05, 0) is 24.3 Å². The van der Waals surface area contributed by atoms with E-state index in [2.05, 4.69) is 40.1 Å². The van der Waals surface area contributed by atoms with Crippen LogP contribution in [0.2, 0.25) is 0 Å². The Hall–Kier alpha value is -1.44. The summed E-state index contributed by atoms with van der Waals surface area (Å²) in [6.45, 7) is 1.05. The van der Waals surface area contributed by atoms with E-state index in [9.17, 15) is 0 Å². The second kappa shape index (κ2) is 3.30. The van der Waals surface area contributed by atoms with E-state index in [0.29, 0.717) is 0 Å². The third-order valence-corrected chi connectivity index (χ3v) is 1.97. The smallest absolute Gasteiger partial charge is 0.0274 e. The molecule has 1 N–H and O–H groups in total. The molecule has 0 aliphatic rings. The summed E-state index contributed by atoms with van der Waals surface area (Å²) in [5, 5.41) is 0. The van der Waals surface area contributed by atoms with Gasteiger partial charge < -0.3 is 9.55 Å². The van der Waals surface area contributed by atoms with Gasteiger partial charge in [0.15, 0.2) is 0 Å². The number of aromatic nitrogens is 2. The maximum Gasteiger partial charge on any atom is 0.0274 e. The maximum absolute atomic E-state index is 3.19. The minimum absolute atomic E-state index is 1.05. The molecule has 0 aliphatic heterocycles. The summed E-state index contributed by atoms with van der Waals surface area (Å²) in [4.78, 5) is 3.19. The van der Waals surface area contributed by atoms with Gasteiger partial charge in [-0.2, -0.15) is 0 Å². The van der Waals surface area contributed by atoms with Gasteiger partial charge in [0.25, 0.3) is 0 Å².